The van der Waals surface area contributed by atoms with Crippen molar-refractivity contribution in [1.29, 1.82) is 0 Å². The first-order valence-corrected chi connectivity index (χ1v) is 8.95. The number of aryl methyl sites for hydroxylation is 1. The number of rotatable bonds is 8. The van der Waals surface area contributed by atoms with Crippen molar-refractivity contribution >= 4 is 11.6 Å². The van der Waals surface area contributed by atoms with Gasteiger partial charge in [0.1, 0.15) is 0 Å². The fourth-order valence-electron chi connectivity index (χ4n) is 2.74. The smallest absolute Gasteiger partial charge is 0.250 e. The summed E-state index contributed by atoms with van der Waals surface area (Å²) in [6.07, 6.45) is 1.83. The number of ether oxygens (including phenoxy) is 2. The van der Waals surface area contributed by atoms with Crippen molar-refractivity contribution in [3.05, 3.63) is 52.4 Å². The largest absolute Gasteiger partial charge is 0.493 e. The second kappa shape index (κ2) is 10.3. The Balaban J connectivity index is 1.81. The van der Waals surface area contributed by atoms with Gasteiger partial charge in [0.05, 0.1) is 14.2 Å². The number of nitrogens with one attached hydrogen (secondary N) is 2. The zero-order valence-electron chi connectivity index (χ0n) is 16.4. The highest BCUT2D eigenvalue weighted by molar-refractivity contribution is 5.93. The summed E-state index contributed by atoms with van der Waals surface area (Å²) < 4.78 is 12.4. The molecule has 2 N–H and O–H groups in total. The van der Waals surface area contributed by atoms with Gasteiger partial charge in [0, 0.05) is 43.7 Å². The van der Waals surface area contributed by atoms with Gasteiger partial charge in [0.2, 0.25) is 0 Å². The van der Waals surface area contributed by atoms with E-state index in [0.717, 1.165) is 37.3 Å². The number of hydrogen-bond acceptors (Lipinski definition) is 4. The molecule has 1 aromatic heterocycles. The van der Waals surface area contributed by atoms with E-state index >= 15 is 0 Å². The monoisotopic (exact) mass is 372 g/mol. The second-order valence-electron chi connectivity index (χ2n) is 6.06. The lowest BCUT2D eigenvalue weighted by Gasteiger charge is -2.14. The summed E-state index contributed by atoms with van der Waals surface area (Å²) in [6, 6.07) is 10.9. The summed E-state index contributed by atoms with van der Waals surface area (Å²) in [4.78, 5) is 16.1. The molecule has 27 heavy (non-hydrogen) atoms. The first-order chi connectivity index (χ1) is 13.1. The standard InChI is InChI=1S/C20H28N4O3/c1-15-8-7-9-19(25)24(15)13-6-5-12-22-20(21-2)23-16-10-11-17(26-3)18(14-16)27-4/h7-11,14H,5-6,12-13H2,1-4H3,(H2,21,22,23). The van der Waals surface area contributed by atoms with Crippen molar-refractivity contribution < 1.29 is 9.47 Å². The van der Waals surface area contributed by atoms with Crippen LogP contribution in [0.4, 0.5) is 5.69 Å². The molecule has 0 saturated heterocycles. The lowest BCUT2D eigenvalue weighted by Crippen LogP contribution is -2.31. The summed E-state index contributed by atoms with van der Waals surface area (Å²) in [7, 11) is 4.94. The Hall–Kier alpha value is -2.96. The molecule has 146 valence electrons. The van der Waals surface area contributed by atoms with Gasteiger partial charge in [-0.25, -0.2) is 0 Å². The average Bonchev–Trinajstić information content (AvgIpc) is 2.68. The maximum Gasteiger partial charge on any atom is 0.250 e. The molecule has 0 aliphatic rings. The third-order valence-corrected chi connectivity index (χ3v) is 4.24. The van der Waals surface area contributed by atoms with Crippen molar-refractivity contribution in [1.82, 2.24) is 9.88 Å². The van der Waals surface area contributed by atoms with E-state index in [1.165, 1.54) is 0 Å². The van der Waals surface area contributed by atoms with Crippen molar-refractivity contribution in [2.45, 2.75) is 26.3 Å². The number of guanidine groups is 1. The van der Waals surface area contributed by atoms with Gasteiger partial charge in [-0.05, 0) is 38.0 Å². The number of nitrogens with zero attached hydrogens (tertiary/aromatic N) is 2. The lowest BCUT2D eigenvalue weighted by molar-refractivity contribution is 0.355. The normalized spacial score (nSPS) is 11.2. The summed E-state index contributed by atoms with van der Waals surface area (Å²) in [6.45, 7) is 3.43. The predicted octanol–water partition coefficient (Wildman–Crippen LogP) is 2.64. The van der Waals surface area contributed by atoms with Crippen LogP contribution in [-0.4, -0.2) is 38.3 Å². The molecule has 7 heteroatoms. The van der Waals surface area contributed by atoms with Crippen molar-refractivity contribution in [2.24, 2.45) is 4.99 Å². The molecule has 0 saturated carbocycles. The molecule has 1 aromatic carbocycles. The van der Waals surface area contributed by atoms with Gasteiger partial charge >= 0.3 is 0 Å². The van der Waals surface area contributed by atoms with Crippen LogP contribution in [0.15, 0.2) is 46.2 Å². The molecule has 0 spiro atoms. The van der Waals surface area contributed by atoms with Crippen LogP contribution < -0.4 is 25.7 Å². The highest BCUT2D eigenvalue weighted by Crippen LogP contribution is 2.29. The number of aromatic nitrogens is 1. The molecule has 0 amide bonds. The molecule has 2 aromatic rings. The van der Waals surface area contributed by atoms with Gasteiger partial charge in [-0.2, -0.15) is 0 Å². The molecular formula is C20H28N4O3. The lowest BCUT2D eigenvalue weighted by atomic mass is 10.2. The van der Waals surface area contributed by atoms with Crippen LogP contribution in [0.25, 0.3) is 0 Å². The molecule has 2 rings (SSSR count). The van der Waals surface area contributed by atoms with Crippen LogP contribution in [0.2, 0.25) is 0 Å². The third kappa shape index (κ3) is 5.77. The van der Waals surface area contributed by atoms with Crippen LogP contribution in [0.3, 0.4) is 0 Å². The van der Waals surface area contributed by atoms with Crippen LogP contribution >= 0.6 is 0 Å². The minimum atomic E-state index is 0.0499. The zero-order valence-corrected chi connectivity index (χ0v) is 16.4. The maximum absolute atomic E-state index is 11.9. The van der Waals surface area contributed by atoms with Crippen LogP contribution in [-0.2, 0) is 6.54 Å². The first kappa shape index (κ1) is 20.4. The van der Waals surface area contributed by atoms with E-state index in [4.69, 9.17) is 9.47 Å². The molecule has 0 atom stereocenters. The van der Waals surface area contributed by atoms with E-state index in [-0.39, 0.29) is 5.56 Å². The first-order valence-electron chi connectivity index (χ1n) is 8.95. The van der Waals surface area contributed by atoms with Crippen LogP contribution in [0, 0.1) is 6.92 Å². The Morgan fingerprint density at radius 1 is 1.11 bits per heavy atom. The minimum absolute atomic E-state index is 0.0499. The van der Waals surface area contributed by atoms with Crippen LogP contribution in [0.5, 0.6) is 11.5 Å². The summed E-state index contributed by atoms with van der Waals surface area (Å²) in [5, 5.41) is 6.51. The van der Waals surface area contributed by atoms with Crippen molar-refractivity contribution in [3.63, 3.8) is 0 Å². The fraction of sp³-hybridized carbons (Fsp3) is 0.400. The average molecular weight is 372 g/mol. The van der Waals surface area contributed by atoms with E-state index < -0.39 is 0 Å². The predicted molar refractivity (Wildman–Crippen MR) is 109 cm³/mol. The molecular weight excluding hydrogens is 344 g/mol. The van der Waals surface area contributed by atoms with E-state index in [2.05, 4.69) is 15.6 Å². The summed E-state index contributed by atoms with van der Waals surface area (Å²) >= 11 is 0. The Kier molecular flexibility index (Phi) is 7.73. The van der Waals surface area contributed by atoms with Crippen molar-refractivity contribution in [3.8, 4) is 11.5 Å². The molecule has 0 aliphatic carbocycles. The van der Waals surface area contributed by atoms with Gasteiger partial charge in [0.15, 0.2) is 17.5 Å². The SMILES string of the molecule is CN=C(NCCCCn1c(C)cccc1=O)Nc1ccc(OC)c(OC)c1. The van der Waals surface area contributed by atoms with Gasteiger partial charge in [0.25, 0.3) is 5.56 Å². The second-order valence-corrected chi connectivity index (χ2v) is 6.06. The van der Waals surface area contributed by atoms with Crippen LogP contribution in [0.1, 0.15) is 18.5 Å². The van der Waals surface area contributed by atoms with E-state index in [0.29, 0.717) is 17.5 Å². The van der Waals surface area contributed by atoms with E-state index in [9.17, 15) is 4.79 Å². The fourth-order valence-corrected chi connectivity index (χ4v) is 2.74. The molecule has 0 unspecified atom stereocenters. The van der Waals surface area contributed by atoms with Gasteiger partial charge in [-0.1, -0.05) is 6.07 Å². The quantitative estimate of drug-likeness (QED) is 0.423. The number of unbranched alkanes of at least 4 members (excludes halogenated alkanes) is 1. The topological polar surface area (TPSA) is 76.9 Å². The van der Waals surface area contributed by atoms with Gasteiger partial charge in [-0.15, -0.1) is 0 Å². The number of aliphatic imine (C=N–C) groups is 1. The number of hydrogen-bond donors (Lipinski definition) is 2. The minimum Gasteiger partial charge on any atom is -0.493 e. The Morgan fingerprint density at radius 2 is 1.89 bits per heavy atom. The Morgan fingerprint density at radius 3 is 2.56 bits per heavy atom. The Labute approximate surface area is 160 Å². The molecule has 7 nitrogen and oxygen atoms in total. The molecule has 0 aliphatic heterocycles. The van der Waals surface area contributed by atoms with E-state index in [1.54, 1.807) is 38.0 Å². The summed E-state index contributed by atoms with van der Waals surface area (Å²) in [5.41, 5.74) is 1.89. The molecule has 0 fully saturated rings. The molecule has 0 radical (unpaired) electrons. The maximum atomic E-state index is 11.9. The number of pyridine rings is 1. The van der Waals surface area contributed by atoms with E-state index in [1.807, 2.05) is 31.2 Å². The van der Waals surface area contributed by atoms with Crippen molar-refractivity contribution in [2.75, 3.05) is 33.1 Å². The molecule has 1 heterocycles. The van der Waals surface area contributed by atoms with Gasteiger partial charge in [-0.3, -0.25) is 9.79 Å². The number of anilines is 1. The number of benzene rings is 1. The molecule has 0 bridgehead atoms. The highest BCUT2D eigenvalue weighted by atomic mass is 16.5. The number of methoxy groups -OCH3 is 2. The summed E-state index contributed by atoms with van der Waals surface area (Å²) in [5.74, 6) is 2.01. The highest BCUT2D eigenvalue weighted by Gasteiger charge is 2.06. The zero-order chi connectivity index (χ0) is 19.6. The third-order valence-electron chi connectivity index (χ3n) is 4.24. The van der Waals surface area contributed by atoms with Gasteiger partial charge < -0.3 is 24.7 Å². The Bertz CT molecular complexity index is 830.